The van der Waals surface area contributed by atoms with Gasteiger partial charge in [0.25, 0.3) is 0 Å². The molecule has 0 aromatic carbocycles. The molecule has 2 rings (SSSR count). The van der Waals surface area contributed by atoms with Crippen molar-refractivity contribution in [1.82, 2.24) is 19.4 Å². The molecule has 21 heavy (non-hydrogen) atoms. The monoisotopic (exact) mass is 291 g/mol. The van der Waals surface area contributed by atoms with Crippen molar-refractivity contribution in [2.75, 3.05) is 26.0 Å². The predicted molar refractivity (Wildman–Crippen MR) is 77.3 cm³/mol. The van der Waals surface area contributed by atoms with Gasteiger partial charge in [-0.3, -0.25) is 9.36 Å². The van der Waals surface area contributed by atoms with Gasteiger partial charge in [-0.05, 0) is 13.0 Å². The molecule has 8 nitrogen and oxygen atoms in total. The number of likely N-dealkylation sites (N-methyl/N-ethyl adjacent to an activating group) is 1. The van der Waals surface area contributed by atoms with Gasteiger partial charge >= 0.3 is 5.97 Å². The van der Waals surface area contributed by atoms with Gasteiger partial charge in [-0.2, -0.15) is 0 Å². The number of imidazole rings is 1. The molecule has 0 fully saturated rings. The summed E-state index contributed by atoms with van der Waals surface area (Å²) in [5.41, 5.74) is 1.15. The molecule has 0 aliphatic heterocycles. The van der Waals surface area contributed by atoms with Gasteiger partial charge in [0.15, 0.2) is 5.65 Å². The van der Waals surface area contributed by atoms with Crippen molar-refractivity contribution in [3.05, 3.63) is 17.8 Å². The number of aryl methyl sites for hydroxylation is 1. The number of nitrogens with zero attached hydrogens (tertiary/aromatic N) is 4. The zero-order valence-corrected chi connectivity index (χ0v) is 12.1. The van der Waals surface area contributed by atoms with Gasteiger partial charge in [0.2, 0.25) is 11.9 Å². The lowest BCUT2D eigenvalue weighted by Crippen LogP contribution is -2.29. The fourth-order valence-electron chi connectivity index (χ4n) is 1.88. The van der Waals surface area contributed by atoms with Crippen LogP contribution in [0.5, 0.6) is 0 Å². The van der Waals surface area contributed by atoms with E-state index in [1.807, 2.05) is 6.92 Å². The Morgan fingerprint density at radius 1 is 1.43 bits per heavy atom. The average Bonchev–Trinajstić information content (AvgIpc) is 2.80. The second-order valence-corrected chi connectivity index (χ2v) is 4.69. The molecule has 2 aromatic rings. The van der Waals surface area contributed by atoms with E-state index < -0.39 is 5.97 Å². The second kappa shape index (κ2) is 5.78. The largest absolute Gasteiger partial charge is 0.478 e. The molecule has 2 N–H and O–H groups in total. The van der Waals surface area contributed by atoms with E-state index in [9.17, 15) is 9.59 Å². The Hall–Kier alpha value is -2.64. The molecule has 0 radical (unpaired) electrons. The third kappa shape index (κ3) is 2.93. The van der Waals surface area contributed by atoms with E-state index in [4.69, 9.17) is 5.11 Å². The number of carboxylic acid groups (broad SMARTS) is 1. The molecular formula is C13H17N5O3. The lowest BCUT2D eigenvalue weighted by molar-refractivity contribution is -0.126. The summed E-state index contributed by atoms with van der Waals surface area (Å²) in [6.07, 6.45) is 1.30. The minimum absolute atomic E-state index is 0.0797. The van der Waals surface area contributed by atoms with Crippen LogP contribution in [0.25, 0.3) is 11.2 Å². The molecule has 1 amide bonds. The molecule has 112 valence electrons. The third-order valence-electron chi connectivity index (χ3n) is 3.04. The molecule has 0 spiro atoms. The molecule has 0 unspecified atom stereocenters. The minimum Gasteiger partial charge on any atom is -0.478 e. The van der Waals surface area contributed by atoms with Crippen molar-refractivity contribution < 1.29 is 14.7 Å². The number of hydrogen-bond acceptors (Lipinski definition) is 5. The molecule has 8 heteroatoms. The number of carboxylic acids is 1. The topological polar surface area (TPSA) is 100 Å². The SMILES string of the molecule is CCn1c(NCC(=O)N(C)C)nc2cc(C(=O)O)cnc21. The van der Waals surface area contributed by atoms with Crippen LogP contribution in [0.1, 0.15) is 17.3 Å². The van der Waals surface area contributed by atoms with Gasteiger partial charge in [0, 0.05) is 26.8 Å². The molecule has 0 saturated heterocycles. The van der Waals surface area contributed by atoms with E-state index in [-0.39, 0.29) is 18.0 Å². The number of pyridine rings is 1. The maximum absolute atomic E-state index is 11.6. The summed E-state index contributed by atoms with van der Waals surface area (Å²) in [4.78, 5) is 32.5. The highest BCUT2D eigenvalue weighted by atomic mass is 16.4. The number of carbonyl (C=O) groups is 2. The molecule has 0 bridgehead atoms. The van der Waals surface area contributed by atoms with Crippen molar-refractivity contribution in [2.45, 2.75) is 13.5 Å². The van der Waals surface area contributed by atoms with Crippen LogP contribution in [0.3, 0.4) is 0 Å². The van der Waals surface area contributed by atoms with Crippen LogP contribution in [-0.4, -0.2) is 57.1 Å². The first-order valence-corrected chi connectivity index (χ1v) is 6.47. The molecular weight excluding hydrogens is 274 g/mol. The van der Waals surface area contributed by atoms with Gasteiger partial charge in [0.05, 0.1) is 12.1 Å². The first kappa shape index (κ1) is 14.8. The zero-order valence-electron chi connectivity index (χ0n) is 12.1. The zero-order chi connectivity index (χ0) is 15.6. The van der Waals surface area contributed by atoms with Crippen LogP contribution in [0.15, 0.2) is 12.3 Å². The van der Waals surface area contributed by atoms with Gasteiger partial charge in [-0.15, -0.1) is 0 Å². The Labute approximate surface area is 121 Å². The number of rotatable bonds is 5. The summed E-state index contributed by atoms with van der Waals surface area (Å²) in [6.45, 7) is 2.64. The Morgan fingerprint density at radius 3 is 2.71 bits per heavy atom. The minimum atomic E-state index is -1.05. The van der Waals surface area contributed by atoms with E-state index in [2.05, 4.69) is 15.3 Å². The maximum atomic E-state index is 11.6. The lowest BCUT2D eigenvalue weighted by atomic mass is 10.3. The van der Waals surface area contributed by atoms with Crippen LogP contribution in [0, 0.1) is 0 Å². The first-order valence-electron chi connectivity index (χ1n) is 6.47. The molecule has 0 saturated carbocycles. The lowest BCUT2D eigenvalue weighted by Gasteiger charge is -2.12. The van der Waals surface area contributed by atoms with Crippen molar-refractivity contribution in [3.8, 4) is 0 Å². The number of nitrogens with one attached hydrogen (secondary N) is 1. The summed E-state index contributed by atoms with van der Waals surface area (Å²) in [7, 11) is 3.35. The number of hydrogen-bond donors (Lipinski definition) is 2. The quantitative estimate of drug-likeness (QED) is 0.839. The van der Waals surface area contributed by atoms with E-state index in [1.54, 1.807) is 18.7 Å². The molecule has 0 aliphatic rings. The first-order chi connectivity index (χ1) is 9.93. The highest BCUT2D eigenvalue weighted by molar-refractivity contribution is 5.91. The summed E-state index contributed by atoms with van der Waals surface area (Å²) in [5.74, 6) is -0.630. The molecule has 2 aromatic heterocycles. The molecule has 0 atom stereocenters. The summed E-state index contributed by atoms with van der Waals surface area (Å²) in [6, 6.07) is 1.47. The number of fused-ring (bicyclic) bond motifs is 1. The highest BCUT2D eigenvalue weighted by Gasteiger charge is 2.14. The average molecular weight is 291 g/mol. The number of anilines is 1. The van der Waals surface area contributed by atoms with E-state index >= 15 is 0 Å². The van der Waals surface area contributed by atoms with Crippen LogP contribution in [0.2, 0.25) is 0 Å². The highest BCUT2D eigenvalue weighted by Crippen LogP contribution is 2.18. The fraction of sp³-hybridized carbons (Fsp3) is 0.385. The Bertz CT molecular complexity index is 692. The predicted octanol–water partition coefficient (Wildman–Crippen LogP) is 0.649. The van der Waals surface area contributed by atoms with Gasteiger partial charge in [-0.1, -0.05) is 0 Å². The van der Waals surface area contributed by atoms with Crippen molar-refractivity contribution in [2.24, 2.45) is 0 Å². The van der Waals surface area contributed by atoms with Crippen LogP contribution in [0.4, 0.5) is 5.95 Å². The molecule has 2 heterocycles. The smallest absolute Gasteiger partial charge is 0.337 e. The van der Waals surface area contributed by atoms with Crippen LogP contribution in [-0.2, 0) is 11.3 Å². The van der Waals surface area contributed by atoms with Gasteiger partial charge in [0.1, 0.15) is 5.52 Å². The standard InChI is InChI=1S/C13H17N5O3/c1-4-18-11-9(5-8(6-14-11)12(20)21)16-13(18)15-7-10(19)17(2)3/h5-6H,4,7H2,1-3H3,(H,15,16)(H,20,21). The third-order valence-corrected chi connectivity index (χ3v) is 3.04. The Balaban J connectivity index is 2.35. The number of aromatic nitrogens is 3. The number of carbonyl (C=O) groups excluding carboxylic acids is 1. The van der Waals surface area contributed by atoms with E-state index in [0.29, 0.717) is 23.7 Å². The van der Waals surface area contributed by atoms with E-state index in [1.165, 1.54) is 17.2 Å². The number of amides is 1. The van der Waals surface area contributed by atoms with Gasteiger partial charge in [-0.25, -0.2) is 14.8 Å². The maximum Gasteiger partial charge on any atom is 0.337 e. The van der Waals surface area contributed by atoms with Crippen molar-refractivity contribution in [3.63, 3.8) is 0 Å². The molecule has 0 aliphatic carbocycles. The van der Waals surface area contributed by atoms with Crippen molar-refractivity contribution in [1.29, 1.82) is 0 Å². The normalized spacial score (nSPS) is 10.6. The van der Waals surface area contributed by atoms with Crippen molar-refractivity contribution >= 4 is 29.0 Å². The number of aromatic carboxylic acids is 1. The Morgan fingerprint density at radius 2 is 2.14 bits per heavy atom. The fourth-order valence-corrected chi connectivity index (χ4v) is 1.88. The van der Waals surface area contributed by atoms with E-state index in [0.717, 1.165) is 0 Å². The second-order valence-electron chi connectivity index (χ2n) is 4.69. The van der Waals surface area contributed by atoms with Crippen LogP contribution >= 0.6 is 0 Å². The Kier molecular flexibility index (Phi) is 4.06. The summed E-state index contributed by atoms with van der Waals surface area (Å²) >= 11 is 0. The van der Waals surface area contributed by atoms with Crippen LogP contribution < -0.4 is 5.32 Å². The van der Waals surface area contributed by atoms with Gasteiger partial charge < -0.3 is 15.3 Å². The summed E-state index contributed by atoms with van der Waals surface area (Å²) < 4.78 is 1.80. The summed E-state index contributed by atoms with van der Waals surface area (Å²) in [5, 5.41) is 11.9.